The van der Waals surface area contributed by atoms with Gasteiger partial charge in [0.1, 0.15) is 11.6 Å². The molecule has 0 fully saturated rings. The van der Waals surface area contributed by atoms with Crippen LogP contribution in [0.25, 0.3) is 5.52 Å². The van der Waals surface area contributed by atoms with E-state index in [1.165, 1.54) is 18.2 Å². The van der Waals surface area contributed by atoms with E-state index in [0.29, 0.717) is 16.6 Å². The summed E-state index contributed by atoms with van der Waals surface area (Å²) in [5.41, 5.74) is 0.919. The fourth-order valence-corrected chi connectivity index (χ4v) is 3.21. The van der Waals surface area contributed by atoms with E-state index in [1.54, 1.807) is 35.0 Å². The fraction of sp³-hybridized carbons (Fsp3) is 0.0556. The quantitative estimate of drug-likeness (QED) is 0.411. The Kier molecular flexibility index (Phi) is 3.30. The molecular formula is C18H10N4O4. The lowest BCUT2D eigenvalue weighted by Crippen LogP contribution is -2.29. The highest BCUT2D eigenvalue weighted by atomic mass is 16.6. The first-order valence-electron chi connectivity index (χ1n) is 7.65. The maximum absolute atomic E-state index is 12.7. The molecule has 0 saturated heterocycles. The lowest BCUT2D eigenvalue weighted by Gasteiger charge is -2.12. The molecule has 1 aromatic carbocycles. The highest BCUT2D eigenvalue weighted by molar-refractivity contribution is 6.23. The topological polar surface area (TPSA) is 109 Å². The van der Waals surface area contributed by atoms with E-state index >= 15 is 0 Å². The molecule has 0 spiro atoms. The maximum Gasteiger partial charge on any atom is 0.282 e. The fourth-order valence-electron chi connectivity index (χ4n) is 3.21. The summed E-state index contributed by atoms with van der Waals surface area (Å²) in [5.74, 6) is -1.33. The number of nitrogens with zero attached hydrogens (tertiary/aromatic N) is 4. The standard InChI is InChI=1S/C18H10N4O4/c19-8-13-11(9-20-7-2-1-5-14(13)20)10-21-17(23)12-4-3-6-15(22(25)26)16(12)18(21)24/h1-7,9H,10H2. The third-order valence-corrected chi connectivity index (χ3v) is 4.38. The van der Waals surface area contributed by atoms with Crippen LogP contribution in [0.3, 0.4) is 0 Å². The van der Waals surface area contributed by atoms with Gasteiger partial charge in [-0.2, -0.15) is 5.26 Å². The van der Waals surface area contributed by atoms with E-state index in [4.69, 9.17) is 0 Å². The number of nitro groups is 1. The van der Waals surface area contributed by atoms with E-state index in [-0.39, 0.29) is 17.7 Å². The summed E-state index contributed by atoms with van der Waals surface area (Å²) < 4.78 is 1.73. The number of aromatic nitrogens is 1. The van der Waals surface area contributed by atoms with Gasteiger partial charge in [0.25, 0.3) is 17.5 Å². The van der Waals surface area contributed by atoms with Gasteiger partial charge in [-0.25, -0.2) is 0 Å². The van der Waals surface area contributed by atoms with E-state index in [9.17, 15) is 25.0 Å². The second kappa shape index (κ2) is 5.53. The molecule has 0 radical (unpaired) electrons. The molecule has 4 rings (SSSR count). The molecule has 126 valence electrons. The minimum absolute atomic E-state index is 0.00599. The van der Waals surface area contributed by atoms with E-state index in [0.717, 1.165) is 4.90 Å². The largest absolute Gasteiger partial charge is 0.322 e. The first-order valence-corrected chi connectivity index (χ1v) is 7.65. The lowest BCUT2D eigenvalue weighted by atomic mass is 10.1. The molecule has 0 aliphatic carbocycles. The number of pyridine rings is 1. The summed E-state index contributed by atoms with van der Waals surface area (Å²) in [4.78, 5) is 36.7. The van der Waals surface area contributed by atoms with E-state index < -0.39 is 22.4 Å². The van der Waals surface area contributed by atoms with Crippen molar-refractivity contribution in [1.82, 2.24) is 9.30 Å². The molecule has 8 nitrogen and oxygen atoms in total. The molecule has 1 aliphatic rings. The Morgan fingerprint density at radius 1 is 1.12 bits per heavy atom. The number of nitriles is 1. The molecule has 2 amide bonds. The van der Waals surface area contributed by atoms with Crippen molar-refractivity contribution in [1.29, 1.82) is 5.26 Å². The summed E-state index contributed by atoms with van der Waals surface area (Å²) in [6.07, 6.45) is 3.43. The third-order valence-electron chi connectivity index (χ3n) is 4.38. The van der Waals surface area contributed by atoms with Gasteiger partial charge in [-0.1, -0.05) is 12.1 Å². The molecule has 1 aliphatic heterocycles. The first kappa shape index (κ1) is 15.5. The van der Waals surface area contributed by atoms with Crippen LogP contribution >= 0.6 is 0 Å². The summed E-state index contributed by atoms with van der Waals surface area (Å²) >= 11 is 0. The van der Waals surface area contributed by atoms with Crippen molar-refractivity contribution in [3.8, 4) is 6.07 Å². The van der Waals surface area contributed by atoms with E-state index in [2.05, 4.69) is 6.07 Å². The third kappa shape index (κ3) is 2.08. The highest BCUT2D eigenvalue weighted by Crippen LogP contribution is 2.32. The zero-order chi connectivity index (χ0) is 18.4. The minimum atomic E-state index is -0.726. The Hall–Kier alpha value is -3.99. The van der Waals surface area contributed by atoms with Crippen LogP contribution in [0.2, 0.25) is 0 Å². The van der Waals surface area contributed by atoms with Gasteiger partial charge in [0.2, 0.25) is 0 Å². The molecule has 0 N–H and O–H groups in total. The van der Waals surface area contributed by atoms with E-state index in [1.807, 2.05) is 0 Å². The van der Waals surface area contributed by atoms with Gasteiger partial charge < -0.3 is 4.40 Å². The normalized spacial score (nSPS) is 13.1. The molecule has 0 bridgehead atoms. The second-order valence-corrected chi connectivity index (χ2v) is 5.79. The summed E-state index contributed by atoms with van der Waals surface area (Å²) in [7, 11) is 0. The van der Waals surface area contributed by atoms with Gasteiger partial charge in [-0.15, -0.1) is 0 Å². The van der Waals surface area contributed by atoms with Gasteiger partial charge in [0.15, 0.2) is 0 Å². The number of amides is 2. The smallest absolute Gasteiger partial charge is 0.282 e. The van der Waals surface area contributed by atoms with Crippen LogP contribution in [0, 0.1) is 21.4 Å². The monoisotopic (exact) mass is 346 g/mol. The second-order valence-electron chi connectivity index (χ2n) is 5.79. The van der Waals surface area contributed by atoms with Crippen LogP contribution in [0.15, 0.2) is 48.8 Å². The van der Waals surface area contributed by atoms with Gasteiger partial charge in [0.05, 0.1) is 28.1 Å². The average Bonchev–Trinajstić information content (AvgIpc) is 3.12. The molecule has 3 heterocycles. The Morgan fingerprint density at radius 3 is 2.65 bits per heavy atom. The number of carbonyl (C=O) groups is 2. The van der Waals surface area contributed by atoms with Crippen molar-refractivity contribution < 1.29 is 14.5 Å². The van der Waals surface area contributed by atoms with Crippen molar-refractivity contribution in [2.75, 3.05) is 0 Å². The molecule has 0 unspecified atom stereocenters. The van der Waals surface area contributed by atoms with Crippen LogP contribution in [-0.4, -0.2) is 26.0 Å². The minimum Gasteiger partial charge on any atom is -0.322 e. The molecule has 3 aromatic rings. The number of nitro benzene ring substituents is 1. The number of carbonyl (C=O) groups excluding carboxylic acids is 2. The van der Waals surface area contributed by atoms with Crippen molar-refractivity contribution in [2.24, 2.45) is 0 Å². The SMILES string of the molecule is N#Cc1c(CN2C(=O)c3cccc([N+](=O)[O-])c3C2=O)cn2ccccc12. The lowest BCUT2D eigenvalue weighted by molar-refractivity contribution is -0.385. The van der Waals surface area contributed by atoms with Crippen LogP contribution in [0.4, 0.5) is 5.69 Å². The van der Waals surface area contributed by atoms with Crippen LogP contribution in [0.1, 0.15) is 31.8 Å². The van der Waals surface area contributed by atoms with Crippen LogP contribution in [0.5, 0.6) is 0 Å². The predicted molar refractivity (Wildman–Crippen MR) is 89.4 cm³/mol. The molecule has 26 heavy (non-hydrogen) atoms. The predicted octanol–water partition coefficient (Wildman–Crippen LogP) is 2.52. The van der Waals surface area contributed by atoms with Crippen LogP contribution in [-0.2, 0) is 6.54 Å². The molecule has 0 saturated carbocycles. The van der Waals surface area contributed by atoms with Crippen molar-refractivity contribution in [3.05, 3.63) is 81.2 Å². The number of hydrogen-bond acceptors (Lipinski definition) is 5. The highest BCUT2D eigenvalue weighted by Gasteiger charge is 2.41. The van der Waals surface area contributed by atoms with Gasteiger partial charge in [0, 0.05) is 24.0 Å². The van der Waals surface area contributed by atoms with Gasteiger partial charge in [-0.3, -0.25) is 24.6 Å². The summed E-state index contributed by atoms with van der Waals surface area (Å²) in [6.45, 7) is -0.131. The molecule has 0 atom stereocenters. The summed E-state index contributed by atoms with van der Waals surface area (Å²) in [6, 6.07) is 11.4. The van der Waals surface area contributed by atoms with Crippen molar-refractivity contribution >= 4 is 23.0 Å². The Morgan fingerprint density at radius 2 is 1.92 bits per heavy atom. The maximum atomic E-state index is 12.7. The van der Waals surface area contributed by atoms with Gasteiger partial charge in [-0.05, 0) is 18.2 Å². The number of rotatable bonds is 3. The Balaban J connectivity index is 1.79. The number of imide groups is 1. The first-order chi connectivity index (χ1) is 12.5. The number of fused-ring (bicyclic) bond motifs is 2. The number of benzene rings is 1. The Bertz CT molecular complexity index is 1160. The molecular weight excluding hydrogens is 336 g/mol. The molecule has 8 heteroatoms. The zero-order valence-corrected chi connectivity index (χ0v) is 13.2. The van der Waals surface area contributed by atoms with Crippen molar-refractivity contribution in [2.45, 2.75) is 6.54 Å². The van der Waals surface area contributed by atoms with Crippen molar-refractivity contribution in [3.63, 3.8) is 0 Å². The zero-order valence-electron chi connectivity index (χ0n) is 13.2. The molecule has 2 aromatic heterocycles. The number of hydrogen-bond donors (Lipinski definition) is 0. The van der Waals surface area contributed by atoms with Crippen LogP contribution < -0.4 is 0 Å². The average molecular weight is 346 g/mol. The summed E-state index contributed by atoms with van der Waals surface area (Å²) in [5, 5.41) is 20.6. The van der Waals surface area contributed by atoms with Gasteiger partial charge >= 0.3 is 0 Å². The Labute approximate surface area is 146 Å².